The van der Waals surface area contributed by atoms with Crippen molar-refractivity contribution in [1.29, 1.82) is 0 Å². The quantitative estimate of drug-likeness (QED) is 0.767. The number of rotatable bonds is 4. The second-order valence-electron chi connectivity index (χ2n) is 3.66. The van der Waals surface area contributed by atoms with E-state index in [2.05, 4.69) is 4.98 Å². The molecule has 5 heteroatoms. The maximum absolute atomic E-state index is 11.7. The van der Waals surface area contributed by atoms with Crippen molar-refractivity contribution in [3.8, 4) is 0 Å². The minimum atomic E-state index is -0.407. The molecule has 0 aromatic carbocycles. The van der Waals surface area contributed by atoms with Gasteiger partial charge in [0.25, 0.3) is 0 Å². The third kappa shape index (κ3) is 2.79. The highest BCUT2D eigenvalue weighted by Gasteiger charge is 2.17. The Labute approximate surface area is 89.9 Å². The molecule has 1 amide bonds. The van der Waals surface area contributed by atoms with Crippen molar-refractivity contribution < 1.29 is 4.79 Å². The van der Waals surface area contributed by atoms with Crippen molar-refractivity contribution in [2.75, 3.05) is 7.05 Å². The third-order valence-electron chi connectivity index (χ3n) is 2.43. The summed E-state index contributed by atoms with van der Waals surface area (Å²) in [6.07, 6.45) is 4.23. The first-order valence-electron chi connectivity index (χ1n) is 5.03. The van der Waals surface area contributed by atoms with Gasteiger partial charge in [-0.25, -0.2) is 4.98 Å². The fourth-order valence-electron chi connectivity index (χ4n) is 1.30. The van der Waals surface area contributed by atoms with E-state index < -0.39 is 6.04 Å². The molecule has 0 saturated heterocycles. The Hall–Kier alpha value is -1.36. The molecule has 1 aromatic rings. The highest BCUT2D eigenvalue weighted by molar-refractivity contribution is 5.81. The molecule has 0 fully saturated rings. The van der Waals surface area contributed by atoms with E-state index in [0.717, 1.165) is 5.82 Å². The fraction of sp³-hybridized carbons (Fsp3) is 0.600. The topological polar surface area (TPSA) is 64.2 Å². The molecule has 0 aliphatic rings. The van der Waals surface area contributed by atoms with Crippen LogP contribution in [0.4, 0.5) is 0 Å². The molecule has 0 radical (unpaired) electrons. The van der Waals surface area contributed by atoms with Crippen LogP contribution in [0.1, 0.15) is 19.2 Å². The average Bonchev–Trinajstić information content (AvgIpc) is 2.62. The number of aromatic nitrogens is 2. The Morgan fingerprint density at radius 2 is 2.40 bits per heavy atom. The van der Waals surface area contributed by atoms with Crippen LogP contribution in [0, 0.1) is 0 Å². The predicted molar refractivity (Wildman–Crippen MR) is 57.9 cm³/mol. The second-order valence-corrected chi connectivity index (χ2v) is 3.66. The highest BCUT2D eigenvalue weighted by atomic mass is 16.2. The van der Waals surface area contributed by atoms with Crippen LogP contribution in [-0.2, 0) is 18.4 Å². The van der Waals surface area contributed by atoms with Crippen molar-refractivity contribution in [1.82, 2.24) is 14.5 Å². The van der Waals surface area contributed by atoms with Crippen LogP contribution < -0.4 is 5.73 Å². The minimum absolute atomic E-state index is 0.0412. The molecule has 0 saturated carbocycles. The third-order valence-corrected chi connectivity index (χ3v) is 2.43. The van der Waals surface area contributed by atoms with Crippen molar-refractivity contribution in [3.63, 3.8) is 0 Å². The number of carbonyl (C=O) groups excluding carboxylic acids is 1. The lowest BCUT2D eigenvalue weighted by Gasteiger charge is -2.20. The normalized spacial score (nSPS) is 12.5. The zero-order valence-corrected chi connectivity index (χ0v) is 9.47. The lowest BCUT2D eigenvalue weighted by atomic mass is 10.2. The van der Waals surface area contributed by atoms with Gasteiger partial charge in [0, 0.05) is 26.5 Å². The number of amides is 1. The minimum Gasteiger partial charge on any atom is -0.337 e. The molecular weight excluding hydrogens is 192 g/mol. The first kappa shape index (κ1) is 11.7. The van der Waals surface area contributed by atoms with Gasteiger partial charge in [-0.2, -0.15) is 0 Å². The molecule has 5 nitrogen and oxygen atoms in total. The maximum Gasteiger partial charge on any atom is 0.239 e. The summed E-state index contributed by atoms with van der Waals surface area (Å²) in [5, 5.41) is 0. The van der Waals surface area contributed by atoms with Crippen LogP contribution >= 0.6 is 0 Å². The summed E-state index contributed by atoms with van der Waals surface area (Å²) in [5.74, 6) is 0.814. The van der Waals surface area contributed by atoms with Gasteiger partial charge in [0.15, 0.2) is 0 Å². The highest BCUT2D eigenvalue weighted by Crippen LogP contribution is 2.02. The number of hydrogen-bond donors (Lipinski definition) is 1. The molecule has 1 atom stereocenters. The van der Waals surface area contributed by atoms with Crippen molar-refractivity contribution in [3.05, 3.63) is 18.2 Å². The Kier molecular flexibility index (Phi) is 3.85. The van der Waals surface area contributed by atoms with E-state index >= 15 is 0 Å². The van der Waals surface area contributed by atoms with E-state index in [1.54, 1.807) is 18.1 Å². The van der Waals surface area contributed by atoms with Crippen LogP contribution in [0.25, 0.3) is 0 Å². The van der Waals surface area contributed by atoms with Crippen LogP contribution in [-0.4, -0.2) is 33.4 Å². The van der Waals surface area contributed by atoms with E-state index in [1.807, 2.05) is 24.7 Å². The summed E-state index contributed by atoms with van der Waals surface area (Å²) >= 11 is 0. The van der Waals surface area contributed by atoms with Crippen LogP contribution in [0.5, 0.6) is 0 Å². The molecule has 15 heavy (non-hydrogen) atoms. The molecule has 2 N–H and O–H groups in total. The molecule has 84 valence electrons. The number of nitrogens with two attached hydrogens (primary N) is 1. The average molecular weight is 210 g/mol. The zero-order chi connectivity index (χ0) is 11.4. The summed E-state index contributed by atoms with van der Waals surface area (Å²) in [6.45, 7) is 2.40. The number of carbonyl (C=O) groups is 1. The first-order valence-corrected chi connectivity index (χ1v) is 5.03. The fourth-order valence-corrected chi connectivity index (χ4v) is 1.30. The summed E-state index contributed by atoms with van der Waals surface area (Å²) in [5.41, 5.74) is 5.67. The van der Waals surface area contributed by atoms with Gasteiger partial charge in [-0.15, -0.1) is 0 Å². The van der Waals surface area contributed by atoms with Gasteiger partial charge in [0.2, 0.25) is 5.91 Å². The maximum atomic E-state index is 11.7. The number of hydrogen-bond acceptors (Lipinski definition) is 3. The molecule has 1 aromatic heterocycles. The number of imidazole rings is 1. The van der Waals surface area contributed by atoms with Crippen molar-refractivity contribution in [2.45, 2.75) is 25.9 Å². The van der Waals surface area contributed by atoms with Gasteiger partial charge in [-0.1, -0.05) is 6.92 Å². The standard InChI is InChI=1S/C10H18N4O/c1-4-8(11)10(15)14(3)7-9-12-5-6-13(9)2/h5-6,8H,4,7,11H2,1-3H3. The molecule has 0 spiro atoms. The van der Waals surface area contributed by atoms with Gasteiger partial charge in [0.1, 0.15) is 5.82 Å². The lowest BCUT2D eigenvalue weighted by molar-refractivity contribution is -0.132. The molecular formula is C10H18N4O. The largest absolute Gasteiger partial charge is 0.337 e. The van der Waals surface area contributed by atoms with Gasteiger partial charge < -0.3 is 15.2 Å². The van der Waals surface area contributed by atoms with Gasteiger partial charge in [-0.05, 0) is 6.42 Å². The van der Waals surface area contributed by atoms with E-state index in [0.29, 0.717) is 13.0 Å². The summed E-state index contributed by atoms with van der Waals surface area (Å²) in [7, 11) is 3.65. The Morgan fingerprint density at radius 3 is 2.87 bits per heavy atom. The molecule has 0 aliphatic carbocycles. The second kappa shape index (κ2) is 4.93. The van der Waals surface area contributed by atoms with Crippen molar-refractivity contribution in [2.24, 2.45) is 12.8 Å². The summed E-state index contributed by atoms with van der Waals surface area (Å²) in [4.78, 5) is 17.4. The van der Waals surface area contributed by atoms with E-state index in [-0.39, 0.29) is 5.91 Å². The monoisotopic (exact) mass is 210 g/mol. The summed E-state index contributed by atoms with van der Waals surface area (Å²) < 4.78 is 1.89. The Balaban J connectivity index is 2.60. The summed E-state index contributed by atoms with van der Waals surface area (Å²) in [6, 6.07) is -0.407. The van der Waals surface area contributed by atoms with Gasteiger partial charge >= 0.3 is 0 Å². The first-order chi connectivity index (χ1) is 7.06. The van der Waals surface area contributed by atoms with E-state index in [9.17, 15) is 4.79 Å². The van der Waals surface area contributed by atoms with Crippen LogP contribution in [0.15, 0.2) is 12.4 Å². The molecule has 0 aliphatic heterocycles. The predicted octanol–water partition coefficient (Wildman–Crippen LogP) is 0.116. The number of nitrogens with zero attached hydrogens (tertiary/aromatic N) is 3. The lowest BCUT2D eigenvalue weighted by Crippen LogP contribution is -2.41. The molecule has 1 heterocycles. The Morgan fingerprint density at radius 1 is 1.73 bits per heavy atom. The zero-order valence-electron chi connectivity index (χ0n) is 9.47. The SMILES string of the molecule is CCC(N)C(=O)N(C)Cc1nccn1C. The molecule has 0 bridgehead atoms. The van der Waals surface area contributed by atoms with Crippen LogP contribution in [0.3, 0.4) is 0 Å². The number of likely N-dealkylation sites (N-methyl/N-ethyl adjacent to an activating group) is 1. The van der Waals surface area contributed by atoms with E-state index in [4.69, 9.17) is 5.73 Å². The van der Waals surface area contributed by atoms with Crippen molar-refractivity contribution >= 4 is 5.91 Å². The van der Waals surface area contributed by atoms with E-state index in [1.165, 1.54) is 0 Å². The number of aryl methyl sites for hydroxylation is 1. The van der Waals surface area contributed by atoms with Gasteiger partial charge in [-0.3, -0.25) is 4.79 Å². The van der Waals surface area contributed by atoms with Gasteiger partial charge in [0.05, 0.1) is 12.6 Å². The van der Waals surface area contributed by atoms with Crippen LogP contribution in [0.2, 0.25) is 0 Å². The molecule has 1 unspecified atom stereocenters. The Bertz CT molecular complexity index is 334. The smallest absolute Gasteiger partial charge is 0.239 e. The molecule has 1 rings (SSSR count).